The molecule has 0 unspecified atom stereocenters. The average molecular weight is 431 g/mol. The van der Waals surface area contributed by atoms with Crippen LogP contribution in [0, 0.1) is 6.92 Å². The molecule has 2 heterocycles. The van der Waals surface area contributed by atoms with E-state index in [1.807, 2.05) is 55.5 Å². The molecular formula is C25H25N3O4. The molecule has 1 aliphatic rings. The van der Waals surface area contributed by atoms with E-state index in [9.17, 15) is 9.59 Å². The number of carbonyl (C=O) groups excluding carboxylic acids is 2. The maximum absolute atomic E-state index is 13.2. The fourth-order valence-corrected chi connectivity index (χ4v) is 3.68. The summed E-state index contributed by atoms with van der Waals surface area (Å²) in [6.07, 6.45) is 1.61. The number of fused-ring (bicyclic) bond motifs is 1. The van der Waals surface area contributed by atoms with E-state index in [1.165, 1.54) is 0 Å². The minimum absolute atomic E-state index is 0.143. The molecular weight excluding hydrogens is 406 g/mol. The Bertz CT molecular complexity index is 1120. The molecule has 0 aliphatic carbocycles. The Morgan fingerprint density at radius 3 is 2.75 bits per heavy atom. The SMILES string of the molecule is COc1ccc(C)cc1NC(=O)CCCN1C(=O)[C@@H](c2ccccc2)Oc2cccnc21. The molecule has 4 rings (SSSR count). The molecule has 0 saturated carbocycles. The van der Waals surface area contributed by atoms with Crippen molar-refractivity contribution in [2.75, 3.05) is 23.9 Å². The Labute approximate surface area is 187 Å². The number of amides is 2. The second-order valence-electron chi connectivity index (χ2n) is 7.58. The van der Waals surface area contributed by atoms with E-state index in [4.69, 9.17) is 9.47 Å². The van der Waals surface area contributed by atoms with E-state index >= 15 is 0 Å². The van der Waals surface area contributed by atoms with Gasteiger partial charge in [0.15, 0.2) is 11.6 Å². The number of carbonyl (C=O) groups is 2. The lowest BCUT2D eigenvalue weighted by Gasteiger charge is -2.33. The number of nitrogens with zero attached hydrogens (tertiary/aromatic N) is 2. The topological polar surface area (TPSA) is 80.8 Å². The maximum atomic E-state index is 13.2. The fourth-order valence-electron chi connectivity index (χ4n) is 3.68. The standard InChI is InChI=1S/C25H25N3O4/c1-17-12-13-20(31-2)19(16-17)27-22(29)11-7-15-28-24-21(10-6-14-26-24)32-23(25(28)30)18-8-4-3-5-9-18/h3-6,8-10,12-14,16,23H,7,11,15H2,1-2H3,(H,27,29)/t23-/m1/s1. The number of pyridine rings is 1. The van der Waals surface area contributed by atoms with Crippen molar-refractivity contribution in [3.05, 3.63) is 78.0 Å². The van der Waals surface area contributed by atoms with Crippen LogP contribution in [0.1, 0.15) is 30.1 Å². The van der Waals surface area contributed by atoms with Crippen LogP contribution in [0.4, 0.5) is 11.5 Å². The van der Waals surface area contributed by atoms with Crippen molar-refractivity contribution in [2.24, 2.45) is 0 Å². The Hall–Kier alpha value is -3.87. The lowest BCUT2D eigenvalue weighted by atomic mass is 10.1. The molecule has 0 radical (unpaired) electrons. The molecule has 7 nitrogen and oxygen atoms in total. The summed E-state index contributed by atoms with van der Waals surface area (Å²) >= 11 is 0. The number of nitrogens with one attached hydrogen (secondary N) is 1. The van der Waals surface area contributed by atoms with Gasteiger partial charge in [0.2, 0.25) is 12.0 Å². The first-order valence-electron chi connectivity index (χ1n) is 10.5. The summed E-state index contributed by atoms with van der Waals surface area (Å²) in [5.41, 5.74) is 2.44. The van der Waals surface area contributed by atoms with Crippen LogP contribution in [-0.2, 0) is 9.59 Å². The van der Waals surface area contributed by atoms with Crippen LogP contribution >= 0.6 is 0 Å². The Kier molecular flexibility index (Phi) is 6.35. The highest BCUT2D eigenvalue weighted by Crippen LogP contribution is 2.37. The summed E-state index contributed by atoms with van der Waals surface area (Å²) < 4.78 is 11.3. The van der Waals surface area contributed by atoms with Gasteiger partial charge >= 0.3 is 0 Å². The number of aromatic nitrogens is 1. The summed E-state index contributed by atoms with van der Waals surface area (Å²) in [6.45, 7) is 2.31. The normalized spacial score (nSPS) is 15.0. The Morgan fingerprint density at radius 2 is 1.97 bits per heavy atom. The van der Waals surface area contributed by atoms with Crippen LogP contribution in [0.15, 0.2) is 66.9 Å². The van der Waals surface area contributed by atoms with E-state index in [0.717, 1.165) is 11.1 Å². The highest BCUT2D eigenvalue weighted by Gasteiger charge is 2.36. The predicted octanol–water partition coefficient (Wildman–Crippen LogP) is 4.28. The molecule has 0 saturated heterocycles. The van der Waals surface area contributed by atoms with Crippen LogP contribution in [-0.4, -0.2) is 30.5 Å². The van der Waals surface area contributed by atoms with E-state index in [0.29, 0.717) is 36.0 Å². The average Bonchev–Trinajstić information content (AvgIpc) is 2.81. The lowest BCUT2D eigenvalue weighted by molar-refractivity contribution is -0.127. The van der Waals surface area contributed by atoms with Gasteiger partial charge in [0.05, 0.1) is 12.8 Å². The fraction of sp³-hybridized carbons (Fsp3) is 0.240. The van der Waals surface area contributed by atoms with Gasteiger partial charge in [-0.05, 0) is 43.2 Å². The van der Waals surface area contributed by atoms with Crippen LogP contribution in [0.3, 0.4) is 0 Å². The highest BCUT2D eigenvalue weighted by molar-refractivity contribution is 5.99. The zero-order valence-electron chi connectivity index (χ0n) is 18.1. The van der Waals surface area contributed by atoms with Gasteiger partial charge in [0.25, 0.3) is 5.91 Å². The first-order chi connectivity index (χ1) is 15.6. The minimum Gasteiger partial charge on any atom is -0.495 e. The van der Waals surface area contributed by atoms with Crippen LogP contribution in [0.5, 0.6) is 11.5 Å². The van der Waals surface area contributed by atoms with Crippen molar-refractivity contribution in [2.45, 2.75) is 25.9 Å². The van der Waals surface area contributed by atoms with Crippen molar-refractivity contribution in [1.82, 2.24) is 4.98 Å². The molecule has 164 valence electrons. The lowest BCUT2D eigenvalue weighted by Crippen LogP contribution is -2.42. The third kappa shape index (κ3) is 4.56. The maximum Gasteiger partial charge on any atom is 0.274 e. The molecule has 2 aromatic carbocycles. The van der Waals surface area contributed by atoms with Crippen molar-refractivity contribution in [1.29, 1.82) is 0 Å². The van der Waals surface area contributed by atoms with Crippen LogP contribution < -0.4 is 19.7 Å². The van der Waals surface area contributed by atoms with Gasteiger partial charge in [-0.2, -0.15) is 0 Å². The zero-order chi connectivity index (χ0) is 22.5. The number of rotatable bonds is 7. The first kappa shape index (κ1) is 21.4. The van der Waals surface area contributed by atoms with Gasteiger partial charge in [-0.3, -0.25) is 14.5 Å². The number of ether oxygens (including phenoxy) is 2. The number of aryl methyl sites for hydroxylation is 1. The monoisotopic (exact) mass is 431 g/mol. The van der Waals surface area contributed by atoms with Crippen molar-refractivity contribution in [3.8, 4) is 11.5 Å². The summed E-state index contributed by atoms with van der Waals surface area (Å²) in [6, 6.07) is 18.6. The molecule has 1 aliphatic heterocycles. The second kappa shape index (κ2) is 9.51. The van der Waals surface area contributed by atoms with Gasteiger partial charge in [0.1, 0.15) is 5.75 Å². The predicted molar refractivity (Wildman–Crippen MR) is 122 cm³/mol. The Balaban J connectivity index is 1.44. The number of methoxy groups -OCH3 is 1. The van der Waals surface area contributed by atoms with Gasteiger partial charge < -0.3 is 14.8 Å². The van der Waals surface area contributed by atoms with Crippen LogP contribution in [0.2, 0.25) is 0 Å². The summed E-state index contributed by atoms with van der Waals surface area (Å²) in [5.74, 6) is 1.30. The third-order valence-corrected chi connectivity index (χ3v) is 5.26. The van der Waals surface area contributed by atoms with Gasteiger partial charge in [-0.15, -0.1) is 0 Å². The molecule has 32 heavy (non-hydrogen) atoms. The molecule has 3 aromatic rings. The van der Waals surface area contributed by atoms with Crippen molar-refractivity contribution >= 4 is 23.3 Å². The first-order valence-corrected chi connectivity index (χ1v) is 10.5. The molecule has 0 spiro atoms. The van der Waals surface area contributed by atoms with E-state index in [-0.39, 0.29) is 18.2 Å². The molecule has 7 heteroatoms. The van der Waals surface area contributed by atoms with Crippen molar-refractivity contribution in [3.63, 3.8) is 0 Å². The number of benzene rings is 2. The number of anilines is 2. The number of hydrogen-bond acceptors (Lipinski definition) is 5. The molecule has 2 amide bonds. The third-order valence-electron chi connectivity index (χ3n) is 5.26. The van der Waals surface area contributed by atoms with E-state index < -0.39 is 6.10 Å². The minimum atomic E-state index is -0.738. The molecule has 0 fully saturated rings. The summed E-state index contributed by atoms with van der Waals surface area (Å²) in [7, 11) is 1.57. The van der Waals surface area contributed by atoms with E-state index in [1.54, 1.807) is 30.3 Å². The van der Waals surface area contributed by atoms with Gasteiger partial charge in [-0.25, -0.2) is 4.98 Å². The summed E-state index contributed by atoms with van der Waals surface area (Å²) in [4.78, 5) is 31.7. The Morgan fingerprint density at radius 1 is 1.16 bits per heavy atom. The molecule has 0 bridgehead atoms. The molecule has 1 aromatic heterocycles. The second-order valence-corrected chi connectivity index (χ2v) is 7.58. The molecule has 1 N–H and O–H groups in total. The van der Waals surface area contributed by atoms with Crippen LogP contribution in [0.25, 0.3) is 0 Å². The largest absolute Gasteiger partial charge is 0.495 e. The highest BCUT2D eigenvalue weighted by atomic mass is 16.5. The smallest absolute Gasteiger partial charge is 0.274 e. The van der Waals surface area contributed by atoms with E-state index in [2.05, 4.69) is 10.3 Å². The van der Waals surface area contributed by atoms with Crippen molar-refractivity contribution < 1.29 is 19.1 Å². The number of hydrogen-bond donors (Lipinski definition) is 1. The molecule has 1 atom stereocenters. The van der Waals surface area contributed by atoms with Gasteiger partial charge in [-0.1, -0.05) is 36.4 Å². The summed E-state index contributed by atoms with van der Waals surface area (Å²) in [5, 5.41) is 2.90. The quantitative estimate of drug-likeness (QED) is 0.604. The van der Waals surface area contributed by atoms with Gasteiger partial charge in [0, 0.05) is 24.7 Å². The zero-order valence-corrected chi connectivity index (χ0v) is 18.1.